The minimum Gasteiger partial charge on any atom is -0.461 e. The molecule has 0 aliphatic carbocycles. The molecule has 0 aliphatic rings. The van der Waals surface area contributed by atoms with E-state index in [1.54, 1.807) is 13.0 Å². The molecule has 0 unspecified atom stereocenters. The van der Waals surface area contributed by atoms with Gasteiger partial charge in [0.2, 0.25) is 0 Å². The molecule has 0 saturated heterocycles. The van der Waals surface area contributed by atoms with Crippen molar-refractivity contribution in [1.82, 2.24) is 0 Å². The van der Waals surface area contributed by atoms with Gasteiger partial charge >= 0.3 is 5.97 Å². The van der Waals surface area contributed by atoms with Crippen molar-refractivity contribution in [3.8, 4) is 0 Å². The Balaban J connectivity index is 2.72. The first kappa shape index (κ1) is 9.71. The SMILES string of the molecule is CC(=O)OCc1ccc(F)cc1C. The first-order valence-corrected chi connectivity index (χ1v) is 3.98. The molecule has 0 aromatic heterocycles. The van der Waals surface area contributed by atoms with E-state index in [0.717, 1.165) is 11.1 Å². The lowest BCUT2D eigenvalue weighted by molar-refractivity contribution is -0.142. The molecule has 1 aromatic carbocycles. The Morgan fingerprint density at radius 1 is 1.54 bits per heavy atom. The Kier molecular flexibility index (Phi) is 3.01. The zero-order valence-electron chi connectivity index (χ0n) is 7.63. The summed E-state index contributed by atoms with van der Waals surface area (Å²) in [5.74, 6) is -0.604. The van der Waals surface area contributed by atoms with Gasteiger partial charge in [-0.15, -0.1) is 0 Å². The second kappa shape index (κ2) is 4.03. The number of esters is 1. The molecule has 2 nitrogen and oxygen atoms in total. The van der Waals surface area contributed by atoms with E-state index in [0.29, 0.717) is 0 Å². The van der Waals surface area contributed by atoms with Gasteiger partial charge < -0.3 is 4.74 Å². The number of benzene rings is 1. The Bertz CT molecular complexity index is 321. The normalized spacial score (nSPS) is 9.77. The van der Waals surface area contributed by atoms with Gasteiger partial charge in [0.15, 0.2) is 0 Å². The Morgan fingerprint density at radius 3 is 2.77 bits per heavy atom. The average molecular weight is 182 g/mol. The number of halogens is 1. The van der Waals surface area contributed by atoms with Gasteiger partial charge in [0.05, 0.1) is 0 Å². The molecule has 0 amide bonds. The van der Waals surface area contributed by atoms with Crippen LogP contribution in [0.1, 0.15) is 18.1 Å². The lowest BCUT2D eigenvalue weighted by Crippen LogP contribution is -2.00. The number of aryl methyl sites for hydroxylation is 1. The van der Waals surface area contributed by atoms with Gasteiger partial charge in [-0.3, -0.25) is 4.79 Å². The first-order chi connectivity index (χ1) is 6.09. The molecular formula is C10H11FO2. The minimum absolute atomic E-state index is 0.210. The third-order valence-electron chi connectivity index (χ3n) is 1.74. The van der Waals surface area contributed by atoms with Crippen LogP contribution in [0.2, 0.25) is 0 Å². The van der Waals surface area contributed by atoms with Gasteiger partial charge in [-0.1, -0.05) is 6.07 Å². The second-order valence-corrected chi connectivity index (χ2v) is 2.85. The maximum Gasteiger partial charge on any atom is 0.302 e. The van der Waals surface area contributed by atoms with Crippen LogP contribution in [0.5, 0.6) is 0 Å². The maximum absolute atomic E-state index is 12.6. The summed E-state index contributed by atoms with van der Waals surface area (Å²) in [7, 11) is 0. The molecule has 0 aliphatic heterocycles. The highest BCUT2D eigenvalue weighted by Gasteiger charge is 2.01. The summed E-state index contributed by atoms with van der Waals surface area (Å²) in [6.07, 6.45) is 0. The van der Waals surface area contributed by atoms with Crippen LogP contribution >= 0.6 is 0 Å². The molecular weight excluding hydrogens is 171 g/mol. The van der Waals surface area contributed by atoms with Gasteiger partial charge in [-0.05, 0) is 30.2 Å². The monoisotopic (exact) mass is 182 g/mol. The van der Waals surface area contributed by atoms with E-state index < -0.39 is 0 Å². The molecule has 13 heavy (non-hydrogen) atoms. The Labute approximate surface area is 76.3 Å². The zero-order valence-corrected chi connectivity index (χ0v) is 7.63. The predicted octanol–water partition coefficient (Wildman–Crippen LogP) is 2.20. The zero-order chi connectivity index (χ0) is 9.84. The van der Waals surface area contributed by atoms with Crippen LogP contribution in [0.25, 0.3) is 0 Å². The van der Waals surface area contributed by atoms with Crippen LogP contribution in [0.3, 0.4) is 0 Å². The second-order valence-electron chi connectivity index (χ2n) is 2.85. The molecule has 0 atom stereocenters. The summed E-state index contributed by atoms with van der Waals surface area (Å²) in [6, 6.07) is 4.39. The van der Waals surface area contributed by atoms with Crippen LogP contribution in [0.4, 0.5) is 4.39 Å². The summed E-state index contributed by atoms with van der Waals surface area (Å²) in [6.45, 7) is 3.34. The van der Waals surface area contributed by atoms with Crippen molar-refractivity contribution in [2.45, 2.75) is 20.5 Å². The number of hydrogen-bond donors (Lipinski definition) is 0. The van der Waals surface area contributed by atoms with Gasteiger partial charge in [0, 0.05) is 6.92 Å². The maximum atomic E-state index is 12.6. The quantitative estimate of drug-likeness (QED) is 0.655. The fraction of sp³-hybridized carbons (Fsp3) is 0.300. The van der Waals surface area contributed by atoms with Crippen molar-refractivity contribution in [2.75, 3.05) is 0 Å². The number of hydrogen-bond acceptors (Lipinski definition) is 2. The van der Waals surface area contributed by atoms with E-state index in [1.165, 1.54) is 19.1 Å². The smallest absolute Gasteiger partial charge is 0.302 e. The fourth-order valence-electron chi connectivity index (χ4n) is 1.00. The van der Waals surface area contributed by atoms with Crippen molar-refractivity contribution < 1.29 is 13.9 Å². The number of ether oxygens (including phenoxy) is 1. The summed E-state index contributed by atoms with van der Waals surface area (Å²) in [5, 5.41) is 0. The van der Waals surface area contributed by atoms with E-state index in [1.807, 2.05) is 0 Å². The first-order valence-electron chi connectivity index (χ1n) is 3.98. The molecule has 0 N–H and O–H groups in total. The van der Waals surface area contributed by atoms with E-state index in [9.17, 15) is 9.18 Å². The highest BCUT2D eigenvalue weighted by molar-refractivity contribution is 5.65. The summed E-state index contributed by atoms with van der Waals surface area (Å²) in [4.78, 5) is 10.5. The van der Waals surface area contributed by atoms with Crippen molar-refractivity contribution in [3.63, 3.8) is 0 Å². The number of carbonyl (C=O) groups is 1. The Morgan fingerprint density at radius 2 is 2.23 bits per heavy atom. The van der Waals surface area contributed by atoms with Crippen LogP contribution in [0, 0.1) is 12.7 Å². The molecule has 70 valence electrons. The highest BCUT2D eigenvalue weighted by Crippen LogP contribution is 2.10. The molecule has 0 heterocycles. The standard InChI is InChI=1S/C10H11FO2/c1-7-5-10(11)4-3-9(7)6-13-8(2)12/h3-5H,6H2,1-2H3. The van der Waals surface area contributed by atoms with Crippen LogP contribution in [-0.4, -0.2) is 5.97 Å². The molecule has 0 saturated carbocycles. The molecule has 3 heteroatoms. The average Bonchev–Trinajstić information content (AvgIpc) is 2.02. The molecule has 0 radical (unpaired) electrons. The lowest BCUT2D eigenvalue weighted by Gasteiger charge is -2.05. The van der Waals surface area contributed by atoms with Gasteiger partial charge in [-0.25, -0.2) is 4.39 Å². The molecule has 0 spiro atoms. The van der Waals surface area contributed by atoms with Crippen LogP contribution in [0.15, 0.2) is 18.2 Å². The van der Waals surface area contributed by atoms with E-state index in [2.05, 4.69) is 0 Å². The Hall–Kier alpha value is -1.38. The lowest BCUT2D eigenvalue weighted by atomic mass is 10.1. The van der Waals surface area contributed by atoms with E-state index in [-0.39, 0.29) is 18.4 Å². The summed E-state index contributed by atoms with van der Waals surface area (Å²) >= 11 is 0. The highest BCUT2D eigenvalue weighted by atomic mass is 19.1. The molecule has 1 aromatic rings. The predicted molar refractivity (Wildman–Crippen MR) is 46.6 cm³/mol. The van der Waals surface area contributed by atoms with Crippen molar-refractivity contribution in [3.05, 3.63) is 35.1 Å². The van der Waals surface area contributed by atoms with Crippen LogP contribution in [-0.2, 0) is 16.1 Å². The third-order valence-corrected chi connectivity index (χ3v) is 1.74. The molecule has 1 rings (SSSR count). The topological polar surface area (TPSA) is 26.3 Å². The van der Waals surface area contributed by atoms with E-state index in [4.69, 9.17) is 4.74 Å². The number of carbonyl (C=O) groups excluding carboxylic acids is 1. The number of rotatable bonds is 2. The van der Waals surface area contributed by atoms with Crippen molar-refractivity contribution in [2.24, 2.45) is 0 Å². The largest absolute Gasteiger partial charge is 0.461 e. The summed E-state index contributed by atoms with van der Waals surface area (Å²) in [5.41, 5.74) is 1.62. The van der Waals surface area contributed by atoms with Crippen LogP contribution < -0.4 is 0 Å². The fourth-order valence-corrected chi connectivity index (χ4v) is 1.00. The van der Waals surface area contributed by atoms with Gasteiger partial charge in [0.25, 0.3) is 0 Å². The minimum atomic E-state index is -0.330. The van der Waals surface area contributed by atoms with Gasteiger partial charge in [0.1, 0.15) is 12.4 Å². The molecule has 0 bridgehead atoms. The van der Waals surface area contributed by atoms with Crippen molar-refractivity contribution >= 4 is 5.97 Å². The third kappa shape index (κ3) is 2.86. The van der Waals surface area contributed by atoms with E-state index >= 15 is 0 Å². The van der Waals surface area contributed by atoms with Gasteiger partial charge in [-0.2, -0.15) is 0 Å². The molecule has 0 fully saturated rings. The summed E-state index contributed by atoms with van der Waals surface area (Å²) < 4.78 is 17.4. The van der Waals surface area contributed by atoms with Crippen molar-refractivity contribution in [1.29, 1.82) is 0 Å².